The molecule has 126 valence electrons. The van der Waals surface area contributed by atoms with E-state index in [1.807, 2.05) is 0 Å². The van der Waals surface area contributed by atoms with Crippen molar-refractivity contribution < 1.29 is 24.6 Å². The van der Waals surface area contributed by atoms with Crippen molar-refractivity contribution in [3.8, 4) is 0 Å². The van der Waals surface area contributed by atoms with Crippen LogP contribution in [-0.4, -0.2) is 59.2 Å². The molecular formula is C12H23N5O5. The van der Waals surface area contributed by atoms with Gasteiger partial charge in [-0.3, -0.25) is 14.6 Å². The van der Waals surface area contributed by atoms with Crippen LogP contribution in [0.25, 0.3) is 0 Å². The molecule has 0 aromatic heterocycles. The van der Waals surface area contributed by atoms with Gasteiger partial charge in [0.05, 0.1) is 0 Å². The standard InChI is InChI=1S/C12H23N5O5/c1-2-7(16-9(19)6-18)10(20)17-8(11(21)22)4-3-5-15-12(13)14/h7-8,18H,2-6H2,1H3,(H,16,19)(H,17,20)(H,21,22)(H4,13,14,15). The van der Waals surface area contributed by atoms with Crippen molar-refractivity contribution >= 4 is 23.7 Å². The predicted octanol–water partition coefficient (Wildman–Crippen LogP) is -2.50. The molecule has 10 nitrogen and oxygen atoms in total. The van der Waals surface area contributed by atoms with E-state index in [0.717, 1.165) is 0 Å². The van der Waals surface area contributed by atoms with Crippen LogP contribution in [-0.2, 0) is 14.4 Å². The highest BCUT2D eigenvalue weighted by Gasteiger charge is 2.24. The summed E-state index contributed by atoms with van der Waals surface area (Å²) in [5.41, 5.74) is 10.3. The number of aliphatic carboxylic acids is 1. The summed E-state index contributed by atoms with van der Waals surface area (Å²) < 4.78 is 0. The first-order valence-electron chi connectivity index (χ1n) is 6.80. The number of nitrogens with zero attached hydrogens (tertiary/aromatic N) is 1. The minimum absolute atomic E-state index is 0.0892. The predicted molar refractivity (Wildman–Crippen MR) is 78.8 cm³/mol. The number of aliphatic hydroxyl groups is 1. The number of aliphatic hydroxyl groups excluding tert-OH is 1. The maximum Gasteiger partial charge on any atom is 0.326 e. The molecule has 0 saturated carbocycles. The lowest BCUT2D eigenvalue weighted by Crippen LogP contribution is -2.51. The molecule has 10 heteroatoms. The minimum atomic E-state index is -1.19. The maximum absolute atomic E-state index is 11.9. The molecule has 0 radical (unpaired) electrons. The lowest BCUT2D eigenvalue weighted by atomic mass is 10.1. The van der Waals surface area contributed by atoms with Crippen LogP contribution < -0.4 is 22.1 Å². The van der Waals surface area contributed by atoms with Crippen LogP contribution >= 0.6 is 0 Å². The molecule has 0 aromatic carbocycles. The number of carbonyl (C=O) groups is 3. The van der Waals surface area contributed by atoms with Crippen LogP contribution in [0, 0.1) is 0 Å². The van der Waals surface area contributed by atoms with E-state index in [1.165, 1.54) is 0 Å². The molecule has 0 fully saturated rings. The van der Waals surface area contributed by atoms with E-state index in [9.17, 15) is 14.4 Å². The Morgan fingerprint density at radius 3 is 2.27 bits per heavy atom. The minimum Gasteiger partial charge on any atom is -0.480 e. The Hall–Kier alpha value is -2.36. The van der Waals surface area contributed by atoms with E-state index in [1.54, 1.807) is 6.92 Å². The van der Waals surface area contributed by atoms with Gasteiger partial charge in [0.2, 0.25) is 11.8 Å². The fourth-order valence-corrected chi connectivity index (χ4v) is 1.63. The zero-order chi connectivity index (χ0) is 17.1. The third-order valence-corrected chi connectivity index (χ3v) is 2.76. The SMILES string of the molecule is CCC(NC(=O)CO)C(=O)NC(CCCN=C(N)N)C(=O)O. The molecular weight excluding hydrogens is 294 g/mol. The van der Waals surface area contributed by atoms with Crippen molar-refractivity contribution in [1.82, 2.24) is 10.6 Å². The Balaban J connectivity index is 4.52. The summed E-state index contributed by atoms with van der Waals surface area (Å²) in [6, 6.07) is -2.01. The number of guanidine groups is 1. The summed E-state index contributed by atoms with van der Waals surface area (Å²) in [5.74, 6) is -2.62. The number of carboxylic acids is 1. The first-order valence-corrected chi connectivity index (χ1v) is 6.80. The fraction of sp³-hybridized carbons (Fsp3) is 0.667. The van der Waals surface area contributed by atoms with Gasteiger partial charge in [-0.15, -0.1) is 0 Å². The Kier molecular flexibility index (Phi) is 9.27. The van der Waals surface area contributed by atoms with Gasteiger partial charge in [-0.1, -0.05) is 6.92 Å². The first-order chi connectivity index (χ1) is 10.3. The number of carbonyl (C=O) groups excluding carboxylic acids is 2. The number of hydrogen-bond donors (Lipinski definition) is 6. The van der Waals surface area contributed by atoms with Crippen molar-refractivity contribution in [2.45, 2.75) is 38.3 Å². The van der Waals surface area contributed by atoms with E-state index in [0.29, 0.717) is 6.42 Å². The summed E-state index contributed by atoms with van der Waals surface area (Å²) in [4.78, 5) is 37.9. The summed E-state index contributed by atoms with van der Waals surface area (Å²) >= 11 is 0. The zero-order valence-electron chi connectivity index (χ0n) is 12.4. The molecule has 0 rings (SSSR count). The highest BCUT2D eigenvalue weighted by molar-refractivity contribution is 5.90. The van der Waals surface area contributed by atoms with E-state index in [2.05, 4.69) is 15.6 Å². The highest BCUT2D eigenvalue weighted by Crippen LogP contribution is 2.01. The summed E-state index contributed by atoms with van der Waals surface area (Å²) in [6.45, 7) is 1.15. The maximum atomic E-state index is 11.9. The van der Waals surface area contributed by atoms with Gasteiger partial charge in [0, 0.05) is 6.54 Å². The number of amides is 2. The van der Waals surface area contributed by atoms with Crippen LogP contribution in [0.1, 0.15) is 26.2 Å². The lowest BCUT2D eigenvalue weighted by Gasteiger charge is -2.20. The Labute approximate surface area is 128 Å². The fourth-order valence-electron chi connectivity index (χ4n) is 1.63. The normalized spacial score (nSPS) is 12.8. The average molecular weight is 317 g/mol. The molecule has 2 amide bonds. The van der Waals surface area contributed by atoms with E-state index in [-0.39, 0.29) is 25.3 Å². The molecule has 8 N–H and O–H groups in total. The molecule has 0 aromatic rings. The Bertz CT molecular complexity index is 422. The van der Waals surface area contributed by atoms with Crippen LogP contribution in [0.2, 0.25) is 0 Å². The molecule has 0 aliphatic heterocycles. The van der Waals surface area contributed by atoms with Crippen molar-refractivity contribution in [1.29, 1.82) is 0 Å². The summed E-state index contributed by atoms with van der Waals surface area (Å²) in [7, 11) is 0. The van der Waals surface area contributed by atoms with E-state index < -0.39 is 36.5 Å². The number of nitrogens with two attached hydrogens (primary N) is 2. The third-order valence-electron chi connectivity index (χ3n) is 2.76. The summed E-state index contributed by atoms with van der Waals surface area (Å²) in [5, 5.41) is 22.4. The van der Waals surface area contributed by atoms with Crippen LogP contribution in [0.15, 0.2) is 4.99 Å². The van der Waals surface area contributed by atoms with Gasteiger partial charge in [-0.05, 0) is 19.3 Å². The van der Waals surface area contributed by atoms with Crippen molar-refractivity contribution in [3.63, 3.8) is 0 Å². The van der Waals surface area contributed by atoms with Crippen molar-refractivity contribution in [3.05, 3.63) is 0 Å². The quantitative estimate of drug-likeness (QED) is 0.146. The summed E-state index contributed by atoms with van der Waals surface area (Å²) in [6.07, 6.45) is 0.773. The van der Waals surface area contributed by atoms with Crippen molar-refractivity contribution in [2.75, 3.05) is 13.2 Å². The molecule has 2 unspecified atom stereocenters. The van der Waals surface area contributed by atoms with Crippen LogP contribution in [0.3, 0.4) is 0 Å². The van der Waals surface area contributed by atoms with Gasteiger partial charge >= 0.3 is 5.97 Å². The highest BCUT2D eigenvalue weighted by atomic mass is 16.4. The second-order valence-corrected chi connectivity index (χ2v) is 4.53. The Morgan fingerprint density at radius 2 is 1.82 bits per heavy atom. The van der Waals surface area contributed by atoms with Gasteiger partial charge in [-0.25, -0.2) is 4.79 Å². The molecule has 2 atom stereocenters. The van der Waals surface area contributed by atoms with Crippen LogP contribution in [0.4, 0.5) is 0 Å². The van der Waals surface area contributed by atoms with Crippen LogP contribution in [0.5, 0.6) is 0 Å². The molecule has 0 aliphatic rings. The lowest BCUT2D eigenvalue weighted by molar-refractivity contribution is -0.142. The van der Waals surface area contributed by atoms with Gasteiger partial charge in [0.1, 0.15) is 18.7 Å². The Morgan fingerprint density at radius 1 is 1.18 bits per heavy atom. The number of aliphatic imine (C=N–C) groups is 1. The molecule has 0 aliphatic carbocycles. The number of rotatable bonds is 10. The van der Waals surface area contributed by atoms with E-state index in [4.69, 9.17) is 21.7 Å². The second kappa shape index (κ2) is 10.4. The number of nitrogens with one attached hydrogen (secondary N) is 2. The zero-order valence-corrected chi connectivity index (χ0v) is 12.4. The largest absolute Gasteiger partial charge is 0.480 e. The first kappa shape index (κ1) is 19.6. The molecule has 0 bridgehead atoms. The van der Waals surface area contributed by atoms with Gasteiger partial charge in [0.15, 0.2) is 5.96 Å². The molecule has 0 saturated heterocycles. The van der Waals surface area contributed by atoms with Gasteiger partial charge in [-0.2, -0.15) is 0 Å². The average Bonchev–Trinajstić information content (AvgIpc) is 2.46. The molecule has 0 spiro atoms. The van der Waals surface area contributed by atoms with Gasteiger partial charge in [0.25, 0.3) is 0 Å². The molecule has 22 heavy (non-hydrogen) atoms. The number of hydrogen-bond acceptors (Lipinski definition) is 5. The monoisotopic (exact) mass is 317 g/mol. The van der Waals surface area contributed by atoms with E-state index >= 15 is 0 Å². The number of carboxylic acid groups (broad SMARTS) is 1. The second-order valence-electron chi connectivity index (χ2n) is 4.53. The molecule has 0 heterocycles. The third kappa shape index (κ3) is 8.04. The van der Waals surface area contributed by atoms with Gasteiger partial charge < -0.3 is 32.3 Å². The smallest absolute Gasteiger partial charge is 0.326 e. The topological polar surface area (TPSA) is 180 Å². The van der Waals surface area contributed by atoms with Crippen molar-refractivity contribution in [2.24, 2.45) is 16.5 Å².